The van der Waals surface area contributed by atoms with Crippen LogP contribution in [-0.2, 0) is 0 Å². The monoisotopic (exact) mass is 350 g/mol. The van der Waals surface area contributed by atoms with Crippen molar-refractivity contribution in [3.8, 4) is 0 Å². The van der Waals surface area contributed by atoms with Crippen LogP contribution in [0.3, 0.4) is 0 Å². The summed E-state index contributed by atoms with van der Waals surface area (Å²) in [5, 5.41) is 2.69. The molecule has 0 aromatic heterocycles. The lowest BCUT2D eigenvalue weighted by Crippen LogP contribution is -2.05. The van der Waals surface area contributed by atoms with Crippen LogP contribution in [0.15, 0.2) is 43.0 Å². The highest BCUT2D eigenvalue weighted by Crippen LogP contribution is 2.40. The zero-order valence-corrected chi connectivity index (χ0v) is 18.2. The van der Waals surface area contributed by atoms with Crippen LogP contribution in [0.5, 0.6) is 0 Å². The van der Waals surface area contributed by atoms with Crippen molar-refractivity contribution in [3.63, 3.8) is 0 Å². The minimum atomic E-state index is 0.572. The van der Waals surface area contributed by atoms with E-state index in [0.717, 1.165) is 6.42 Å². The van der Waals surface area contributed by atoms with E-state index >= 15 is 0 Å². The van der Waals surface area contributed by atoms with Crippen molar-refractivity contribution in [1.82, 2.24) is 0 Å². The van der Waals surface area contributed by atoms with Gasteiger partial charge in [-0.1, -0.05) is 110 Å². The van der Waals surface area contributed by atoms with Crippen molar-refractivity contribution in [1.29, 1.82) is 0 Å². The van der Waals surface area contributed by atoms with E-state index in [1.54, 1.807) is 0 Å². The van der Waals surface area contributed by atoms with Crippen molar-refractivity contribution in [2.24, 2.45) is 0 Å². The molecule has 3 rings (SSSR count). The summed E-state index contributed by atoms with van der Waals surface area (Å²) in [4.78, 5) is 0. The van der Waals surface area contributed by atoms with Crippen molar-refractivity contribution >= 4 is 29.0 Å². The molecule has 26 heavy (non-hydrogen) atoms. The molecule has 0 fully saturated rings. The predicted octanol–water partition coefficient (Wildman–Crippen LogP) is 9.11. The topological polar surface area (TPSA) is 0 Å². The Bertz CT molecular complexity index is 729. The maximum atomic E-state index is 4.03. The number of fused-ring (bicyclic) bond motifs is 3. The molecule has 0 saturated heterocycles. The van der Waals surface area contributed by atoms with Crippen LogP contribution in [0, 0.1) is 0 Å². The van der Waals surface area contributed by atoms with Crippen molar-refractivity contribution in [2.75, 3.05) is 0 Å². The summed E-state index contributed by atoms with van der Waals surface area (Å²) >= 11 is 0. The Labute approximate surface area is 162 Å². The lowest BCUT2D eigenvalue weighted by molar-refractivity contribution is 0.779. The Morgan fingerprint density at radius 3 is 2.04 bits per heavy atom. The van der Waals surface area contributed by atoms with E-state index < -0.39 is 0 Å². The summed E-state index contributed by atoms with van der Waals surface area (Å²) in [6.45, 7) is 20.4. The first kappa shape index (κ1) is 23.9. The Kier molecular flexibility index (Phi) is 12.1. The molecule has 0 heterocycles. The first-order valence-corrected chi connectivity index (χ1v) is 10.3. The van der Waals surface area contributed by atoms with E-state index in [9.17, 15) is 0 Å². The fraction of sp³-hybridized carbons (Fsp3) is 0.385. The summed E-state index contributed by atoms with van der Waals surface area (Å²) in [6.07, 6.45) is 12.0. The Morgan fingerprint density at radius 2 is 1.50 bits per heavy atom. The highest BCUT2D eigenvalue weighted by Gasteiger charge is 2.20. The largest absolute Gasteiger partial charge is 0.0984 e. The maximum Gasteiger partial charge on any atom is -0.0102 e. The zero-order valence-electron chi connectivity index (χ0n) is 18.2. The molecule has 0 bridgehead atoms. The summed E-state index contributed by atoms with van der Waals surface area (Å²) in [6, 6.07) is 8.71. The molecule has 0 saturated carbocycles. The lowest BCUT2D eigenvalue weighted by atomic mass is 9.80. The van der Waals surface area contributed by atoms with Crippen molar-refractivity contribution in [3.05, 3.63) is 65.3 Å². The Hall–Kier alpha value is -2.08. The molecule has 1 aliphatic rings. The van der Waals surface area contributed by atoms with Gasteiger partial charge in [-0.2, -0.15) is 0 Å². The summed E-state index contributed by atoms with van der Waals surface area (Å²) in [5.74, 6) is 0.572. The average molecular weight is 351 g/mol. The van der Waals surface area contributed by atoms with Gasteiger partial charge in [-0.15, -0.1) is 0 Å². The number of hydrogen-bond donors (Lipinski definition) is 0. The van der Waals surface area contributed by atoms with E-state index in [-0.39, 0.29) is 0 Å². The molecule has 0 spiro atoms. The molecular formula is C26H38. The molecule has 0 heteroatoms. The molecule has 2 aromatic carbocycles. The van der Waals surface area contributed by atoms with E-state index in [0.29, 0.717) is 5.92 Å². The first-order valence-electron chi connectivity index (χ1n) is 10.3. The zero-order chi connectivity index (χ0) is 20.1. The van der Waals surface area contributed by atoms with Gasteiger partial charge in [0.15, 0.2) is 0 Å². The van der Waals surface area contributed by atoms with Crippen LogP contribution < -0.4 is 0 Å². The number of hydrogen-bond acceptors (Lipinski definition) is 0. The molecule has 1 atom stereocenters. The van der Waals surface area contributed by atoms with Crippen LogP contribution in [-0.4, -0.2) is 0 Å². The first-order chi connectivity index (χ1) is 12.8. The number of rotatable bonds is 2. The molecule has 1 unspecified atom stereocenters. The second kappa shape index (κ2) is 13.2. The van der Waals surface area contributed by atoms with Crippen molar-refractivity contribution < 1.29 is 0 Å². The van der Waals surface area contributed by atoms with Gasteiger partial charge in [0.1, 0.15) is 0 Å². The lowest BCUT2D eigenvalue weighted by Gasteiger charge is -2.24. The van der Waals surface area contributed by atoms with Gasteiger partial charge in [-0.05, 0) is 52.3 Å². The highest BCUT2D eigenvalue weighted by molar-refractivity contribution is 6.00. The van der Waals surface area contributed by atoms with Gasteiger partial charge in [0.2, 0.25) is 0 Å². The SMILES string of the molecule is C=Cc1c(/C=C\C)c2c(c3ccccc13)C(C)CC=C2.CC.CC.CC. The molecule has 0 radical (unpaired) electrons. The normalized spacial score (nSPS) is 14.2. The van der Waals surface area contributed by atoms with Crippen LogP contribution in [0.1, 0.15) is 90.0 Å². The molecule has 1 aliphatic carbocycles. The van der Waals surface area contributed by atoms with Gasteiger partial charge in [-0.25, -0.2) is 0 Å². The standard InChI is InChI=1S/C20H20.3C2H6/c1-4-9-16-15(5-2)17-11-6-7-12-18(17)20-14(3)10-8-13-19(16)20;3*1-2/h4-9,11-14H,2,10H2,1,3H3;3*1-2H3/b9-4-;;;. The van der Waals surface area contributed by atoms with Gasteiger partial charge >= 0.3 is 0 Å². The molecule has 0 amide bonds. The fourth-order valence-electron chi connectivity index (χ4n) is 3.32. The van der Waals surface area contributed by atoms with Gasteiger partial charge in [0, 0.05) is 0 Å². The molecular weight excluding hydrogens is 312 g/mol. The van der Waals surface area contributed by atoms with Gasteiger partial charge in [-0.3, -0.25) is 0 Å². The minimum Gasteiger partial charge on any atom is -0.0984 e. The minimum absolute atomic E-state index is 0.572. The van der Waals surface area contributed by atoms with Crippen LogP contribution in [0.4, 0.5) is 0 Å². The van der Waals surface area contributed by atoms with Gasteiger partial charge < -0.3 is 0 Å². The molecule has 0 aliphatic heterocycles. The van der Waals surface area contributed by atoms with Gasteiger partial charge in [0.05, 0.1) is 0 Å². The van der Waals surface area contributed by atoms with Crippen LogP contribution in [0.25, 0.3) is 29.0 Å². The Balaban J connectivity index is 0.000000948. The van der Waals surface area contributed by atoms with E-state index in [4.69, 9.17) is 0 Å². The molecule has 0 nitrogen and oxygen atoms in total. The number of allylic oxidation sites excluding steroid dienone is 2. The van der Waals surface area contributed by atoms with Gasteiger partial charge in [0.25, 0.3) is 0 Å². The van der Waals surface area contributed by atoms with Crippen molar-refractivity contribution in [2.45, 2.75) is 67.7 Å². The van der Waals surface area contributed by atoms with Crippen LogP contribution >= 0.6 is 0 Å². The predicted molar refractivity (Wildman–Crippen MR) is 125 cm³/mol. The molecule has 142 valence electrons. The van der Waals surface area contributed by atoms with E-state index in [1.165, 1.54) is 33.0 Å². The second-order valence-corrected chi connectivity index (χ2v) is 5.44. The highest BCUT2D eigenvalue weighted by atomic mass is 14.2. The summed E-state index contributed by atoms with van der Waals surface area (Å²) in [5.41, 5.74) is 5.41. The average Bonchev–Trinajstić information content (AvgIpc) is 2.73. The van der Waals surface area contributed by atoms with E-state index in [2.05, 4.69) is 69.0 Å². The quantitative estimate of drug-likeness (QED) is 0.506. The van der Waals surface area contributed by atoms with E-state index in [1.807, 2.05) is 47.6 Å². The number of benzene rings is 2. The maximum absolute atomic E-state index is 4.03. The smallest absolute Gasteiger partial charge is 0.0102 e. The third kappa shape index (κ3) is 4.97. The molecule has 0 N–H and O–H groups in total. The fourth-order valence-corrected chi connectivity index (χ4v) is 3.32. The molecule has 2 aromatic rings. The third-order valence-corrected chi connectivity index (χ3v) is 4.18. The summed E-state index contributed by atoms with van der Waals surface area (Å²) < 4.78 is 0. The Morgan fingerprint density at radius 1 is 0.923 bits per heavy atom. The van der Waals surface area contributed by atoms with Crippen LogP contribution in [0.2, 0.25) is 0 Å². The third-order valence-electron chi connectivity index (χ3n) is 4.18. The summed E-state index contributed by atoms with van der Waals surface area (Å²) in [7, 11) is 0. The second-order valence-electron chi connectivity index (χ2n) is 5.44.